The van der Waals surface area contributed by atoms with Gasteiger partial charge in [-0.25, -0.2) is 0 Å². The first kappa shape index (κ1) is 17.8. The van der Waals surface area contributed by atoms with Gasteiger partial charge in [0.2, 0.25) is 0 Å². The Morgan fingerprint density at radius 2 is 1.33 bits per heavy atom. The van der Waals surface area contributed by atoms with Crippen molar-refractivity contribution in [1.82, 2.24) is 0 Å². The lowest BCUT2D eigenvalue weighted by atomic mass is 10.1. The molecule has 0 fully saturated rings. The van der Waals surface area contributed by atoms with E-state index < -0.39 is 4.92 Å². The van der Waals surface area contributed by atoms with Crippen LogP contribution in [-0.2, 0) is 0 Å². The van der Waals surface area contributed by atoms with Crippen LogP contribution in [0.25, 0.3) is 0 Å². The van der Waals surface area contributed by atoms with Crippen molar-refractivity contribution in [3.63, 3.8) is 0 Å². The fraction of sp³-hybridized carbons (Fsp3) is 0. The summed E-state index contributed by atoms with van der Waals surface area (Å²) in [6.45, 7) is 0. The Morgan fingerprint density at radius 3 is 1.89 bits per heavy atom. The van der Waals surface area contributed by atoms with Gasteiger partial charge in [-0.3, -0.25) is 21.0 Å². The van der Waals surface area contributed by atoms with Crippen molar-refractivity contribution >= 4 is 29.5 Å². The Balaban J connectivity index is 1.71. The van der Waals surface area contributed by atoms with Crippen molar-refractivity contribution in [2.75, 3.05) is 10.9 Å². The molecule has 0 aromatic heterocycles. The molecule has 0 aliphatic rings. The summed E-state index contributed by atoms with van der Waals surface area (Å²) >= 11 is 0. The quantitative estimate of drug-likeness (QED) is 0.369. The molecule has 7 heteroatoms. The van der Waals surface area contributed by atoms with Crippen LogP contribution in [0.2, 0.25) is 0 Å². The van der Waals surface area contributed by atoms with Crippen LogP contribution in [0, 0.1) is 10.1 Å². The van der Waals surface area contributed by atoms with Crippen LogP contribution >= 0.6 is 0 Å². The van der Waals surface area contributed by atoms with Gasteiger partial charge >= 0.3 is 0 Å². The summed E-state index contributed by atoms with van der Waals surface area (Å²) in [7, 11) is 0. The molecule has 0 radical (unpaired) electrons. The third kappa shape index (κ3) is 5.23. The van der Waals surface area contributed by atoms with Crippen molar-refractivity contribution in [1.29, 1.82) is 0 Å². The molecule has 0 heterocycles. The summed E-state index contributed by atoms with van der Waals surface area (Å²) in [6.07, 6.45) is 2.96. The molecule has 2 N–H and O–H groups in total. The largest absolute Gasteiger partial charge is 0.279 e. The number of rotatable bonds is 7. The summed E-state index contributed by atoms with van der Waals surface area (Å²) in [6, 6.07) is 23.6. The van der Waals surface area contributed by atoms with E-state index in [0.29, 0.717) is 11.1 Å². The minimum atomic E-state index is -0.439. The van der Waals surface area contributed by atoms with E-state index in [1.165, 1.54) is 18.5 Å². The molecule has 0 unspecified atom stereocenters. The topological polar surface area (TPSA) is 91.9 Å². The second-order valence-electron chi connectivity index (χ2n) is 5.55. The van der Waals surface area contributed by atoms with E-state index in [1.54, 1.807) is 12.1 Å². The SMILES string of the molecule is O=[N+]([O-])c1cc(C=NNc2ccccc2)ccc1C=NNc1ccccc1. The van der Waals surface area contributed by atoms with Crippen molar-refractivity contribution in [3.8, 4) is 0 Å². The van der Waals surface area contributed by atoms with Crippen molar-refractivity contribution in [2.24, 2.45) is 10.2 Å². The summed E-state index contributed by atoms with van der Waals surface area (Å²) in [5, 5.41) is 19.5. The van der Waals surface area contributed by atoms with Crippen molar-refractivity contribution in [3.05, 3.63) is 100 Å². The molecule has 3 aromatic rings. The molecule has 0 saturated carbocycles. The zero-order chi connectivity index (χ0) is 18.9. The van der Waals surface area contributed by atoms with Gasteiger partial charge in [-0.2, -0.15) is 10.2 Å². The highest BCUT2D eigenvalue weighted by Gasteiger charge is 2.12. The first-order valence-corrected chi connectivity index (χ1v) is 8.19. The number of hydrogen-bond donors (Lipinski definition) is 2. The van der Waals surface area contributed by atoms with Gasteiger partial charge in [0, 0.05) is 11.6 Å². The number of anilines is 2. The molecule has 0 aliphatic carbocycles. The van der Waals surface area contributed by atoms with Crippen molar-refractivity contribution < 1.29 is 4.92 Å². The Bertz CT molecular complexity index is 957. The molecule has 3 aromatic carbocycles. The van der Waals surface area contributed by atoms with Crippen LogP contribution in [-0.4, -0.2) is 17.4 Å². The monoisotopic (exact) mass is 359 g/mol. The second-order valence-corrected chi connectivity index (χ2v) is 5.55. The molecule has 0 amide bonds. The average Bonchev–Trinajstić information content (AvgIpc) is 2.70. The molecular formula is C20H17N5O2. The van der Waals surface area contributed by atoms with Gasteiger partial charge in [0.25, 0.3) is 5.69 Å². The number of benzene rings is 3. The summed E-state index contributed by atoms with van der Waals surface area (Å²) in [5.74, 6) is 0. The Morgan fingerprint density at radius 1 is 0.778 bits per heavy atom. The molecule has 27 heavy (non-hydrogen) atoms. The zero-order valence-electron chi connectivity index (χ0n) is 14.3. The number of nitrogens with zero attached hydrogens (tertiary/aromatic N) is 3. The van der Waals surface area contributed by atoms with Gasteiger partial charge in [-0.15, -0.1) is 0 Å². The smallest absolute Gasteiger partial charge is 0.278 e. The first-order chi connectivity index (χ1) is 13.2. The lowest BCUT2D eigenvalue weighted by Gasteiger charge is -2.02. The predicted molar refractivity (Wildman–Crippen MR) is 108 cm³/mol. The minimum Gasteiger partial charge on any atom is -0.279 e. The van der Waals surface area contributed by atoms with Gasteiger partial charge < -0.3 is 0 Å². The van der Waals surface area contributed by atoms with Crippen LogP contribution in [0.1, 0.15) is 11.1 Å². The Labute approximate surface area is 156 Å². The van der Waals surface area contributed by atoms with E-state index in [9.17, 15) is 10.1 Å². The highest BCUT2D eigenvalue weighted by molar-refractivity contribution is 5.89. The zero-order valence-corrected chi connectivity index (χ0v) is 14.3. The van der Waals surface area contributed by atoms with E-state index in [1.807, 2.05) is 60.7 Å². The maximum absolute atomic E-state index is 11.4. The van der Waals surface area contributed by atoms with E-state index in [4.69, 9.17) is 0 Å². The fourth-order valence-electron chi connectivity index (χ4n) is 2.29. The number of nitro benzene ring substituents is 1. The van der Waals surface area contributed by atoms with Gasteiger partial charge in [0.15, 0.2) is 0 Å². The van der Waals surface area contributed by atoms with Crippen molar-refractivity contribution in [2.45, 2.75) is 0 Å². The second kappa shape index (κ2) is 8.91. The molecule has 134 valence electrons. The molecule has 0 aliphatic heterocycles. The standard InChI is InChI=1S/C20H17N5O2/c26-25(27)20-13-16(14-21-23-18-7-3-1-4-8-18)11-12-17(20)15-22-24-19-9-5-2-6-10-19/h1-15,23-24H. The Kier molecular flexibility index (Phi) is 5.88. The molecule has 0 bridgehead atoms. The molecule has 3 rings (SSSR count). The maximum Gasteiger partial charge on any atom is 0.278 e. The molecule has 0 saturated heterocycles. The fourth-order valence-corrected chi connectivity index (χ4v) is 2.29. The molecule has 7 nitrogen and oxygen atoms in total. The minimum absolute atomic E-state index is 0.0442. The average molecular weight is 359 g/mol. The van der Waals surface area contributed by atoms with E-state index >= 15 is 0 Å². The third-order valence-electron chi connectivity index (χ3n) is 3.60. The Hall–Kier alpha value is -4.00. The van der Waals surface area contributed by atoms with Crippen LogP contribution in [0.4, 0.5) is 17.1 Å². The number of nitrogens with one attached hydrogen (secondary N) is 2. The summed E-state index contributed by atoms with van der Waals surface area (Å²) in [4.78, 5) is 10.9. The molecule has 0 atom stereocenters. The lowest BCUT2D eigenvalue weighted by molar-refractivity contribution is -0.385. The van der Waals surface area contributed by atoms with Gasteiger partial charge in [-0.05, 0) is 30.3 Å². The van der Waals surface area contributed by atoms with Crippen LogP contribution in [0.3, 0.4) is 0 Å². The van der Waals surface area contributed by atoms with Crippen LogP contribution in [0.15, 0.2) is 89.1 Å². The number of para-hydroxylation sites is 2. The maximum atomic E-state index is 11.4. The van der Waals surface area contributed by atoms with Gasteiger partial charge in [-0.1, -0.05) is 42.5 Å². The van der Waals surface area contributed by atoms with E-state index in [2.05, 4.69) is 21.1 Å². The molecular weight excluding hydrogens is 342 g/mol. The van der Waals surface area contributed by atoms with E-state index in [-0.39, 0.29) is 5.69 Å². The first-order valence-electron chi connectivity index (χ1n) is 8.19. The summed E-state index contributed by atoms with van der Waals surface area (Å²) in [5.41, 5.74) is 8.30. The molecule has 0 spiro atoms. The summed E-state index contributed by atoms with van der Waals surface area (Å²) < 4.78 is 0. The van der Waals surface area contributed by atoms with Crippen LogP contribution < -0.4 is 10.9 Å². The highest BCUT2D eigenvalue weighted by atomic mass is 16.6. The van der Waals surface area contributed by atoms with Gasteiger partial charge in [0.1, 0.15) is 0 Å². The number of nitro groups is 1. The predicted octanol–water partition coefficient (Wildman–Crippen LogP) is 4.49. The normalized spacial score (nSPS) is 11.0. The lowest BCUT2D eigenvalue weighted by Crippen LogP contribution is -1.98. The number of hydrazone groups is 2. The van der Waals surface area contributed by atoms with E-state index in [0.717, 1.165) is 11.4 Å². The van der Waals surface area contributed by atoms with Crippen LogP contribution in [0.5, 0.6) is 0 Å². The number of hydrogen-bond acceptors (Lipinski definition) is 6. The highest BCUT2D eigenvalue weighted by Crippen LogP contribution is 2.18. The third-order valence-corrected chi connectivity index (χ3v) is 3.60. The van der Waals surface area contributed by atoms with Gasteiger partial charge in [0.05, 0.1) is 34.3 Å².